The Balaban J connectivity index is 2.24. The third kappa shape index (κ3) is 5.36. The molecule has 0 spiro atoms. The van der Waals surface area contributed by atoms with E-state index in [2.05, 4.69) is 47.1 Å². The molecule has 2 heteroatoms. The van der Waals surface area contributed by atoms with Gasteiger partial charge >= 0.3 is 0 Å². The van der Waals surface area contributed by atoms with Gasteiger partial charge in [0.05, 0.1) is 5.38 Å². The normalized spacial score (nSPS) is 12.7. The van der Waals surface area contributed by atoms with Gasteiger partial charge in [-0.25, -0.2) is 0 Å². The molecule has 16 heavy (non-hydrogen) atoms. The van der Waals surface area contributed by atoms with Crippen LogP contribution < -0.4 is 0 Å². The Morgan fingerprint density at radius 1 is 1.06 bits per heavy atom. The van der Waals surface area contributed by atoms with Crippen LogP contribution >= 0.6 is 27.5 Å². The molecule has 0 amide bonds. The zero-order chi connectivity index (χ0) is 11.8. The Morgan fingerprint density at radius 3 is 2.31 bits per heavy atom. The third-order valence-electron chi connectivity index (χ3n) is 2.79. The summed E-state index contributed by atoms with van der Waals surface area (Å²) in [4.78, 5) is 0. The van der Waals surface area contributed by atoms with E-state index in [-0.39, 0.29) is 5.38 Å². The highest BCUT2D eigenvalue weighted by Gasteiger charge is 2.06. The van der Waals surface area contributed by atoms with Gasteiger partial charge in [-0.2, -0.15) is 0 Å². The highest BCUT2D eigenvalue weighted by molar-refractivity contribution is 9.10. The minimum absolute atomic E-state index is 0.176. The maximum Gasteiger partial charge on any atom is 0.0585 e. The molecule has 1 aromatic carbocycles. The molecule has 0 nitrogen and oxygen atoms in total. The summed E-state index contributed by atoms with van der Waals surface area (Å²) in [6.45, 7) is 2.24. The van der Waals surface area contributed by atoms with Crippen LogP contribution in [-0.2, 0) is 0 Å². The first-order valence-corrected chi connectivity index (χ1v) is 7.36. The Hall–Kier alpha value is -0.0100. The van der Waals surface area contributed by atoms with Crippen LogP contribution in [0.5, 0.6) is 0 Å². The number of hydrogen-bond acceptors (Lipinski definition) is 0. The lowest BCUT2D eigenvalue weighted by atomic mass is 10.0. The molecule has 0 saturated carbocycles. The number of unbranched alkanes of at least 4 members (excludes halogenated alkanes) is 4. The third-order valence-corrected chi connectivity index (χ3v) is 3.79. The molecule has 0 aliphatic rings. The highest BCUT2D eigenvalue weighted by atomic mass is 79.9. The van der Waals surface area contributed by atoms with Gasteiger partial charge in [-0.05, 0) is 24.1 Å². The van der Waals surface area contributed by atoms with Crippen LogP contribution in [0, 0.1) is 0 Å². The fraction of sp³-hybridized carbons (Fsp3) is 0.571. The van der Waals surface area contributed by atoms with Gasteiger partial charge in [0.2, 0.25) is 0 Å². The van der Waals surface area contributed by atoms with Gasteiger partial charge in [-0.15, -0.1) is 11.6 Å². The van der Waals surface area contributed by atoms with Crippen molar-refractivity contribution < 1.29 is 0 Å². The van der Waals surface area contributed by atoms with Gasteiger partial charge in [0, 0.05) is 4.47 Å². The van der Waals surface area contributed by atoms with Crippen LogP contribution in [0.2, 0.25) is 0 Å². The first-order valence-electron chi connectivity index (χ1n) is 6.13. The molecule has 0 aliphatic carbocycles. The molecule has 1 atom stereocenters. The largest absolute Gasteiger partial charge is 0.118 e. The van der Waals surface area contributed by atoms with Gasteiger partial charge in [-0.3, -0.25) is 0 Å². The maximum atomic E-state index is 6.36. The summed E-state index contributed by atoms with van der Waals surface area (Å²) in [7, 11) is 0. The van der Waals surface area contributed by atoms with Gasteiger partial charge in [0.1, 0.15) is 0 Å². The topological polar surface area (TPSA) is 0 Å². The van der Waals surface area contributed by atoms with Crippen molar-refractivity contribution in [3.63, 3.8) is 0 Å². The minimum Gasteiger partial charge on any atom is -0.118 e. The van der Waals surface area contributed by atoms with E-state index in [4.69, 9.17) is 11.6 Å². The van der Waals surface area contributed by atoms with E-state index < -0.39 is 0 Å². The molecule has 0 radical (unpaired) electrons. The van der Waals surface area contributed by atoms with Crippen molar-refractivity contribution in [2.24, 2.45) is 0 Å². The molecule has 0 saturated heterocycles. The Labute approximate surface area is 113 Å². The summed E-state index contributed by atoms with van der Waals surface area (Å²) in [5.41, 5.74) is 1.24. The average molecular weight is 304 g/mol. The Morgan fingerprint density at radius 2 is 1.69 bits per heavy atom. The van der Waals surface area contributed by atoms with Crippen molar-refractivity contribution in [3.8, 4) is 0 Å². The van der Waals surface area contributed by atoms with E-state index in [9.17, 15) is 0 Å². The second-order valence-corrected chi connectivity index (χ2v) is 5.66. The minimum atomic E-state index is 0.176. The van der Waals surface area contributed by atoms with E-state index in [0.717, 1.165) is 10.9 Å². The number of hydrogen-bond donors (Lipinski definition) is 0. The summed E-state index contributed by atoms with van der Waals surface area (Å²) in [5.74, 6) is 0. The Kier molecular flexibility index (Phi) is 7.15. The van der Waals surface area contributed by atoms with Crippen LogP contribution in [0.25, 0.3) is 0 Å². The lowest BCUT2D eigenvalue weighted by molar-refractivity contribution is 0.601. The molecule has 0 bridgehead atoms. The van der Waals surface area contributed by atoms with Gasteiger partial charge in [0.15, 0.2) is 0 Å². The smallest absolute Gasteiger partial charge is 0.0585 e. The summed E-state index contributed by atoms with van der Waals surface area (Å²) < 4.78 is 1.11. The second-order valence-electron chi connectivity index (χ2n) is 4.22. The number of alkyl halides is 1. The van der Waals surface area contributed by atoms with Crippen molar-refractivity contribution in [3.05, 3.63) is 34.3 Å². The molecule has 90 valence electrons. The fourth-order valence-corrected chi connectivity index (χ4v) is 2.33. The second kappa shape index (κ2) is 8.14. The zero-order valence-corrected chi connectivity index (χ0v) is 12.2. The lowest BCUT2D eigenvalue weighted by Gasteiger charge is -2.09. The molecular formula is C14H20BrCl. The van der Waals surface area contributed by atoms with Crippen LogP contribution in [-0.4, -0.2) is 0 Å². The van der Waals surface area contributed by atoms with Crippen molar-refractivity contribution in [1.29, 1.82) is 0 Å². The van der Waals surface area contributed by atoms with E-state index in [1.165, 1.54) is 37.7 Å². The lowest BCUT2D eigenvalue weighted by Crippen LogP contribution is -1.90. The van der Waals surface area contributed by atoms with E-state index in [1.54, 1.807) is 0 Å². The molecular weight excluding hydrogens is 284 g/mol. The monoisotopic (exact) mass is 302 g/mol. The van der Waals surface area contributed by atoms with Gasteiger partial charge in [0.25, 0.3) is 0 Å². The molecule has 0 aromatic heterocycles. The molecule has 1 unspecified atom stereocenters. The maximum absolute atomic E-state index is 6.36. The molecule has 0 aliphatic heterocycles. The van der Waals surface area contributed by atoms with Crippen molar-refractivity contribution in [1.82, 2.24) is 0 Å². The highest BCUT2D eigenvalue weighted by Crippen LogP contribution is 2.27. The number of benzene rings is 1. The standard InChI is InChI=1S/C14H20BrCl/c1-2-3-4-5-6-7-14(16)12-8-10-13(15)11-9-12/h8-11,14H,2-7H2,1H3. The van der Waals surface area contributed by atoms with Crippen LogP contribution in [0.3, 0.4) is 0 Å². The fourth-order valence-electron chi connectivity index (χ4n) is 1.77. The predicted octanol–water partition coefficient (Wildman–Crippen LogP) is 6.09. The van der Waals surface area contributed by atoms with E-state index in [1.807, 2.05) is 0 Å². The van der Waals surface area contributed by atoms with Gasteiger partial charge in [-0.1, -0.05) is 67.1 Å². The van der Waals surface area contributed by atoms with Crippen LogP contribution in [0.4, 0.5) is 0 Å². The summed E-state index contributed by atoms with van der Waals surface area (Å²) in [5, 5.41) is 0.176. The summed E-state index contributed by atoms with van der Waals surface area (Å²) in [6.07, 6.45) is 7.65. The molecule has 0 N–H and O–H groups in total. The first-order chi connectivity index (χ1) is 7.74. The molecule has 0 heterocycles. The quantitative estimate of drug-likeness (QED) is 0.422. The van der Waals surface area contributed by atoms with Crippen molar-refractivity contribution in [2.45, 2.75) is 50.8 Å². The van der Waals surface area contributed by atoms with Gasteiger partial charge < -0.3 is 0 Å². The van der Waals surface area contributed by atoms with Crippen molar-refractivity contribution >= 4 is 27.5 Å². The van der Waals surface area contributed by atoms with Crippen LogP contribution in [0.15, 0.2) is 28.7 Å². The molecule has 1 rings (SSSR count). The van der Waals surface area contributed by atoms with E-state index >= 15 is 0 Å². The predicted molar refractivity (Wildman–Crippen MR) is 76.1 cm³/mol. The number of rotatable bonds is 7. The average Bonchev–Trinajstić information content (AvgIpc) is 2.29. The number of halogens is 2. The summed E-state index contributed by atoms with van der Waals surface area (Å²) >= 11 is 9.79. The first kappa shape index (κ1) is 14.1. The summed E-state index contributed by atoms with van der Waals surface area (Å²) in [6, 6.07) is 8.32. The molecule has 0 fully saturated rings. The zero-order valence-electron chi connectivity index (χ0n) is 9.89. The van der Waals surface area contributed by atoms with Crippen LogP contribution in [0.1, 0.15) is 56.4 Å². The SMILES string of the molecule is CCCCCCCC(Cl)c1ccc(Br)cc1. The molecule has 1 aromatic rings. The van der Waals surface area contributed by atoms with E-state index in [0.29, 0.717) is 0 Å². The Bertz CT molecular complexity index is 281. The van der Waals surface area contributed by atoms with Crippen molar-refractivity contribution in [2.75, 3.05) is 0 Å².